The van der Waals surface area contributed by atoms with Gasteiger partial charge in [0.25, 0.3) is 0 Å². The minimum atomic E-state index is -0.309. The Morgan fingerprint density at radius 1 is 0.485 bits per heavy atom. The molecule has 66 heavy (non-hydrogen) atoms. The van der Waals surface area contributed by atoms with Crippen molar-refractivity contribution in [2.45, 2.75) is 71.6 Å². The number of benzene rings is 8. The van der Waals surface area contributed by atoms with Gasteiger partial charge in [-0.05, 0) is 127 Å². The highest BCUT2D eigenvalue weighted by molar-refractivity contribution is 6.93. The molecule has 0 atom stereocenters. The van der Waals surface area contributed by atoms with Crippen LogP contribution in [0, 0.1) is 0 Å². The highest BCUT2D eigenvalue weighted by Crippen LogP contribution is 2.59. The summed E-state index contributed by atoms with van der Waals surface area (Å²) < 4.78 is 14.3. The van der Waals surface area contributed by atoms with Gasteiger partial charge in [0.05, 0.1) is 5.69 Å². The third-order valence-electron chi connectivity index (χ3n) is 14.9. The van der Waals surface area contributed by atoms with Gasteiger partial charge < -0.3 is 18.5 Å². The first kappa shape index (κ1) is 39.2. The van der Waals surface area contributed by atoms with E-state index in [0.717, 1.165) is 72.6 Å². The SMILES string of the molecule is CC(C)(C)c1ccc(N2B3c4oc5ccc(-c6ccccc6)cc5c4N(c4ccc(C(C)(C)C)cc4)c4cc5c(c(c43)-c3cc4oc6ccccc6c4cc32)C(C)(C)c2ccccc2-5)cc1. The molecule has 4 nitrogen and oxygen atoms in total. The van der Waals surface area contributed by atoms with E-state index in [1.54, 1.807) is 0 Å². The van der Waals surface area contributed by atoms with Gasteiger partial charge in [-0.15, -0.1) is 0 Å². The van der Waals surface area contributed by atoms with Crippen LogP contribution < -0.4 is 20.8 Å². The van der Waals surface area contributed by atoms with Crippen LogP contribution in [0.4, 0.5) is 28.4 Å². The van der Waals surface area contributed by atoms with Gasteiger partial charge in [0.2, 0.25) is 0 Å². The van der Waals surface area contributed by atoms with Gasteiger partial charge in [-0.1, -0.05) is 159 Å². The third kappa shape index (κ3) is 5.46. The lowest BCUT2D eigenvalue weighted by Gasteiger charge is -2.45. The molecule has 0 saturated heterocycles. The van der Waals surface area contributed by atoms with Crippen LogP contribution in [0.2, 0.25) is 0 Å². The number of hydrogen-bond acceptors (Lipinski definition) is 4. The molecule has 5 heteroatoms. The van der Waals surface area contributed by atoms with E-state index in [1.807, 2.05) is 0 Å². The topological polar surface area (TPSA) is 32.8 Å². The van der Waals surface area contributed by atoms with Crippen LogP contribution >= 0.6 is 0 Å². The normalized spacial score (nSPS) is 14.7. The van der Waals surface area contributed by atoms with Crippen molar-refractivity contribution in [3.05, 3.63) is 186 Å². The Bertz CT molecular complexity index is 3640. The summed E-state index contributed by atoms with van der Waals surface area (Å²) in [5.74, 6) is 0. The van der Waals surface area contributed by atoms with Crippen molar-refractivity contribution in [2.24, 2.45) is 0 Å². The Labute approximate surface area is 387 Å². The third-order valence-corrected chi connectivity index (χ3v) is 14.9. The number of anilines is 5. The molecule has 13 rings (SSSR count). The molecule has 0 amide bonds. The lowest BCUT2D eigenvalue weighted by atomic mass is 9.45. The lowest BCUT2D eigenvalue weighted by molar-refractivity contribution is 0.590. The Morgan fingerprint density at radius 3 is 1.86 bits per heavy atom. The van der Waals surface area contributed by atoms with Crippen molar-refractivity contribution in [3.8, 4) is 33.4 Å². The molecule has 1 aliphatic carbocycles. The van der Waals surface area contributed by atoms with Gasteiger partial charge in [-0.2, -0.15) is 0 Å². The number of rotatable bonds is 3. The zero-order valence-electron chi connectivity index (χ0n) is 38.9. The van der Waals surface area contributed by atoms with Gasteiger partial charge in [-0.25, -0.2) is 0 Å². The molecule has 320 valence electrons. The predicted octanol–water partition coefficient (Wildman–Crippen LogP) is 15.6. The summed E-state index contributed by atoms with van der Waals surface area (Å²) in [6, 6.07) is 60.8. The Hall–Kier alpha value is -7.24. The first-order valence-electron chi connectivity index (χ1n) is 23.4. The van der Waals surface area contributed by atoms with E-state index in [9.17, 15) is 0 Å². The summed E-state index contributed by atoms with van der Waals surface area (Å²) in [6.07, 6.45) is 0. The second-order valence-electron chi connectivity index (χ2n) is 21.3. The van der Waals surface area contributed by atoms with E-state index < -0.39 is 0 Å². The number of fused-ring (bicyclic) bond motifs is 13. The number of hydrogen-bond donors (Lipinski definition) is 0. The quantitative estimate of drug-likeness (QED) is 0.166. The predicted molar refractivity (Wildman–Crippen MR) is 278 cm³/mol. The minimum absolute atomic E-state index is 0.000370. The highest BCUT2D eigenvalue weighted by Gasteiger charge is 2.52. The fraction of sp³-hybridized carbons (Fsp3) is 0.180. The molecule has 10 aromatic rings. The molecular weight excluding hydrogens is 803 g/mol. The van der Waals surface area contributed by atoms with Crippen LogP contribution in [0.1, 0.15) is 77.6 Å². The van der Waals surface area contributed by atoms with Crippen molar-refractivity contribution in [3.63, 3.8) is 0 Å². The van der Waals surface area contributed by atoms with Gasteiger partial charge in [0.1, 0.15) is 22.4 Å². The van der Waals surface area contributed by atoms with Gasteiger partial charge in [0, 0.05) is 49.9 Å². The van der Waals surface area contributed by atoms with Gasteiger partial charge in [0.15, 0.2) is 0 Å². The fourth-order valence-electron chi connectivity index (χ4n) is 11.6. The summed E-state index contributed by atoms with van der Waals surface area (Å²) >= 11 is 0. The molecule has 0 bridgehead atoms. The van der Waals surface area contributed by atoms with E-state index in [0.29, 0.717) is 0 Å². The number of nitrogens with zero attached hydrogens (tertiary/aromatic N) is 2. The molecule has 0 N–H and O–H groups in total. The molecule has 4 heterocycles. The maximum absolute atomic E-state index is 7.48. The Balaban J connectivity index is 1.20. The molecule has 0 unspecified atom stereocenters. The summed E-state index contributed by atoms with van der Waals surface area (Å²) in [7, 11) is 0. The largest absolute Gasteiger partial charge is 0.466 e. The van der Waals surface area contributed by atoms with Crippen molar-refractivity contribution in [2.75, 3.05) is 9.71 Å². The van der Waals surface area contributed by atoms with E-state index >= 15 is 0 Å². The smallest absolute Gasteiger partial charge is 0.375 e. The lowest BCUT2D eigenvalue weighted by Crippen LogP contribution is -2.61. The molecule has 0 fully saturated rings. The zero-order valence-corrected chi connectivity index (χ0v) is 38.9. The molecule has 0 radical (unpaired) electrons. The summed E-state index contributed by atoms with van der Waals surface area (Å²) in [5.41, 5.74) is 22.7. The molecule has 2 aromatic heterocycles. The standard InChI is InChI=1S/C61H51BN2O2/c1-59(2,3)38-23-27-40(28-24-38)63-50-34-45-42-18-12-14-20-48(42)61(7,8)55(45)54-46-35-53-44(43-19-13-15-21-51(43)65-53)33-49(46)64(41-29-25-39(26-30-41)60(4,5)6)62(56(50)54)58-57(63)47-32-37(22-31-52(47)66-58)36-16-10-9-11-17-36/h9-35H,1-8H3. The number of furan rings is 2. The summed E-state index contributed by atoms with van der Waals surface area (Å²) in [4.78, 5) is 5.10. The van der Waals surface area contributed by atoms with E-state index in [4.69, 9.17) is 8.83 Å². The van der Waals surface area contributed by atoms with E-state index in [-0.39, 0.29) is 23.1 Å². The van der Waals surface area contributed by atoms with Crippen molar-refractivity contribution < 1.29 is 8.83 Å². The van der Waals surface area contributed by atoms with Crippen molar-refractivity contribution in [1.82, 2.24) is 0 Å². The zero-order chi connectivity index (χ0) is 45.0. The van der Waals surface area contributed by atoms with Crippen LogP contribution in [0.15, 0.2) is 173 Å². The van der Waals surface area contributed by atoms with Gasteiger partial charge in [-0.3, -0.25) is 0 Å². The molecule has 0 saturated carbocycles. The molecule has 2 aliphatic heterocycles. The maximum Gasteiger partial charge on any atom is 0.375 e. The summed E-state index contributed by atoms with van der Waals surface area (Å²) in [5, 5.41) is 3.31. The second-order valence-corrected chi connectivity index (χ2v) is 21.3. The van der Waals surface area contributed by atoms with Crippen LogP contribution in [0.3, 0.4) is 0 Å². The average molecular weight is 855 g/mol. The molecule has 3 aliphatic rings. The van der Waals surface area contributed by atoms with Crippen molar-refractivity contribution in [1.29, 1.82) is 0 Å². The molecule has 8 aromatic carbocycles. The molecule has 0 spiro atoms. The van der Waals surface area contributed by atoms with Crippen LogP contribution in [0.5, 0.6) is 0 Å². The molecular formula is C61H51BN2O2. The monoisotopic (exact) mass is 854 g/mol. The average Bonchev–Trinajstić information content (AvgIpc) is 3.95. The minimum Gasteiger partial charge on any atom is -0.466 e. The Kier molecular flexibility index (Phi) is 7.96. The van der Waals surface area contributed by atoms with E-state index in [2.05, 4.69) is 229 Å². The van der Waals surface area contributed by atoms with Crippen LogP contribution in [-0.4, -0.2) is 6.85 Å². The first-order valence-corrected chi connectivity index (χ1v) is 23.4. The van der Waals surface area contributed by atoms with Gasteiger partial charge >= 0.3 is 6.85 Å². The van der Waals surface area contributed by atoms with Crippen LogP contribution in [-0.2, 0) is 16.2 Å². The second kappa shape index (κ2) is 13.4. The highest BCUT2D eigenvalue weighted by atomic mass is 16.3. The maximum atomic E-state index is 7.48. The Morgan fingerprint density at radius 2 is 1.14 bits per heavy atom. The van der Waals surface area contributed by atoms with Crippen molar-refractivity contribution >= 4 is 79.3 Å². The van der Waals surface area contributed by atoms with E-state index in [1.165, 1.54) is 55.5 Å². The summed E-state index contributed by atoms with van der Waals surface area (Å²) in [6.45, 7) is 18.2. The van der Waals surface area contributed by atoms with Crippen LogP contribution in [0.25, 0.3) is 66.3 Å². The fourth-order valence-corrected chi connectivity index (χ4v) is 11.6. The first-order chi connectivity index (χ1) is 31.8. The number of para-hydroxylation sites is 1.